The molecule has 1 aromatic heterocycles. The lowest BCUT2D eigenvalue weighted by atomic mass is 10.1. The lowest BCUT2D eigenvalue weighted by Gasteiger charge is -2.14. The van der Waals surface area contributed by atoms with Crippen LogP contribution in [0.1, 0.15) is 23.7 Å². The number of hydrogen-bond acceptors (Lipinski definition) is 4. The molecule has 2 amide bonds. The van der Waals surface area contributed by atoms with Crippen LogP contribution in [-0.2, 0) is 4.74 Å². The second kappa shape index (κ2) is 7.26. The van der Waals surface area contributed by atoms with Crippen LogP contribution in [0.2, 0.25) is 0 Å². The normalized spacial score (nSPS) is 16.3. The Morgan fingerprint density at radius 3 is 2.86 bits per heavy atom. The highest BCUT2D eigenvalue weighted by Crippen LogP contribution is 2.25. The van der Waals surface area contributed by atoms with Crippen molar-refractivity contribution in [1.29, 1.82) is 0 Å². The van der Waals surface area contributed by atoms with Gasteiger partial charge in [-0.25, -0.2) is 9.18 Å². The van der Waals surface area contributed by atoms with E-state index in [2.05, 4.69) is 10.3 Å². The molecular weight excluding hydrogens is 361 g/mol. The predicted molar refractivity (Wildman–Crippen MR) is 104 cm³/mol. The zero-order valence-corrected chi connectivity index (χ0v) is 15.2. The van der Waals surface area contributed by atoms with Crippen LogP contribution in [0.25, 0.3) is 10.9 Å². The number of nitrogens with one attached hydrogen (secondary N) is 1. The summed E-state index contributed by atoms with van der Waals surface area (Å²) in [5, 5.41) is 3.53. The van der Waals surface area contributed by atoms with E-state index in [1.807, 2.05) is 31.2 Å². The first-order valence-electron chi connectivity index (χ1n) is 8.99. The lowest BCUT2D eigenvalue weighted by Crippen LogP contribution is -2.25. The number of carbonyl (C=O) groups excluding carboxylic acids is 2. The van der Waals surface area contributed by atoms with Gasteiger partial charge >= 0.3 is 6.09 Å². The summed E-state index contributed by atoms with van der Waals surface area (Å²) in [6.45, 7) is 2.28. The Balaban J connectivity index is 1.53. The molecule has 4 rings (SSSR count). The number of hydrogen-bond donors (Lipinski definition) is 1. The van der Waals surface area contributed by atoms with Crippen molar-refractivity contribution in [2.75, 3.05) is 16.8 Å². The van der Waals surface area contributed by atoms with Gasteiger partial charge in [0, 0.05) is 5.39 Å². The molecule has 0 saturated carbocycles. The second-order valence-electron chi connectivity index (χ2n) is 6.56. The van der Waals surface area contributed by atoms with Gasteiger partial charge in [-0.2, -0.15) is 0 Å². The molecule has 1 atom stereocenters. The van der Waals surface area contributed by atoms with E-state index in [0.29, 0.717) is 24.3 Å². The van der Waals surface area contributed by atoms with Gasteiger partial charge in [-0.1, -0.05) is 25.1 Å². The lowest BCUT2D eigenvalue weighted by molar-refractivity contribution is 0.102. The highest BCUT2D eigenvalue weighted by atomic mass is 19.1. The Bertz CT molecular complexity index is 1070. The molecule has 1 aliphatic rings. The molecule has 1 fully saturated rings. The van der Waals surface area contributed by atoms with Gasteiger partial charge in [0.2, 0.25) is 0 Å². The molecular formula is C21H18FN3O3. The molecule has 0 spiro atoms. The minimum absolute atomic E-state index is 0.114. The number of ether oxygens (including phenoxy) is 1. The Morgan fingerprint density at radius 1 is 1.29 bits per heavy atom. The number of benzene rings is 2. The zero-order chi connectivity index (χ0) is 19.7. The number of para-hydroxylation sites is 1. The van der Waals surface area contributed by atoms with Crippen molar-refractivity contribution in [2.24, 2.45) is 0 Å². The number of halogens is 1. The number of fused-ring (bicyclic) bond motifs is 1. The van der Waals surface area contributed by atoms with Crippen LogP contribution in [0.15, 0.2) is 54.7 Å². The number of amides is 2. The van der Waals surface area contributed by atoms with Gasteiger partial charge in [0.1, 0.15) is 11.9 Å². The molecule has 1 unspecified atom stereocenters. The van der Waals surface area contributed by atoms with E-state index in [1.165, 1.54) is 29.3 Å². The molecule has 1 saturated heterocycles. The summed E-state index contributed by atoms with van der Waals surface area (Å²) >= 11 is 0. The van der Waals surface area contributed by atoms with E-state index < -0.39 is 17.8 Å². The highest BCUT2D eigenvalue weighted by molar-refractivity contribution is 6.05. The first-order chi connectivity index (χ1) is 13.5. The third-order valence-electron chi connectivity index (χ3n) is 4.69. The average Bonchev–Trinajstić information content (AvgIpc) is 3.08. The smallest absolute Gasteiger partial charge is 0.414 e. The van der Waals surface area contributed by atoms with Crippen LogP contribution in [-0.4, -0.2) is 29.6 Å². The van der Waals surface area contributed by atoms with Gasteiger partial charge in [-0.15, -0.1) is 0 Å². The number of rotatable bonds is 4. The Morgan fingerprint density at radius 2 is 2.11 bits per heavy atom. The fourth-order valence-electron chi connectivity index (χ4n) is 3.14. The molecule has 2 aromatic carbocycles. The van der Waals surface area contributed by atoms with E-state index in [9.17, 15) is 14.0 Å². The van der Waals surface area contributed by atoms with E-state index in [-0.39, 0.29) is 11.7 Å². The quantitative estimate of drug-likeness (QED) is 0.731. The molecule has 0 bridgehead atoms. The summed E-state index contributed by atoms with van der Waals surface area (Å²) in [7, 11) is 0. The highest BCUT2D eigenvalue weighted by Gasteiger charge is 2.31. The standard InChI is InChI=1S/C21H18FN3O3/c1-2-16-12-25(21(27)28-16)15-7-8-17(18(22)10-15)20(26)24-14-9-13-5-3-4-6-19(13)23-11-14/h3-11,16H,2,12H2,1H3,(H,24,26). The third kappa shape index (κ3) is 3.38. The molecule has 28 heavy (non-hydrogen) atoms. The molecule has 1 N–H and O–H groups in total. The number of carbonyl (C=O) groups is 2. The van der Waals surface area contributed by atoms with Crippen LogP contribution in [0.3, 0.4) is 0 Å². The number of anilines is 2. The monoisotopic (exact) mass is 379 g/mol. The van der Waals surface area contributed by atoms with Gasteiger partial charge in [0.25, 0.3) is 5.91 Å². The summed E-state index contributed by atoms with van der Waals surface area (Å²) in [4.78, 5) is 30.0. The maximum absolute atomic E-state index is 14.6. The van der Waals surface area contributed by atoms with Gasteiger partial charge in [-0.05, 0) is 36.8 Å². The first kappa shape index (κ1) is 17.9. The molecule has 0 radical (unpaired) electrons. The largest absolute Gasteiger partial charge is 0.444 e. The van der Waals surface area contributed by atoms with Gasteiger partial charge in [0.05, 0.1) is 35.2 Å². The fraction of sp³-hybridized carbons (Fsp3) is 0.190. The summed E-state index contributed by atoms with van der Waals surface area (Å²) < 4.78 is 19.7. The number of pyridine rings is 1. The number of aromatic nitrogens is 1. The van der Waals surface area contributed by atoms with E-state index >= 15 is 0 Å². The minimum Gasteiger partial charge on any atom is -0.444 e. The fourth-order valence-corrected chi connectivity index (χ4v) is 3.14. The van der Waals surface area contributed by atoms with Crippen molar-refractivity contribution >= 4 is 34.3 Å². The maximum Gasteiger partial charge on any atom is 0.414 e. The van der Waals surface area contributed by atoms with Crippen LogP contribution < -0.4 is 10.2 Å². The summed E-state index contributed by atoms with van der Waals surface area (Å²) in [5.41, 5.74) is 1.53. The van der Waals surface area contributed by atoms with Crippen molar-refractivity contribution in [3.05, 3.63) is 66.1 Å². The van der Waals surface area contributed by atoms with Crippen LogP contribution in [0.5, 0.6) is 0 Å². The summed E-state index contributed by atoms with van der Waals surface area (Å²) in [6.07, 6.45) is 1.49. The van der Waals surface area contributed by atoms with Crippen molar-refractivity contribution in [2.45, 2.75) is 19.4 Å². The maximum atomic E-state index is 14.6. The van der Waals surface area contributed by atoms with E-state index in [1.54, 1.807) is 6.07 Å². The van der Waals surface area contributed by atoms with Crippen molar-refractivity contribution in [3.8, 4) is 0 Å². The van der Waals surface area contributed by atoms with Crippen LogP contribution in [0.4, 0.5) is 20.6 Å². The van der Waals surface area contributed by atoms with Crippen LogP contribution in [0, 0.1) is 5.82 Å². The Kier molecular flexibility index (Phi) is 4.65. The molecule has 142 valence electrons. The van der Waals surface area contributed by atoms with Gasteiger partial charge < -0.3 is 10.1 Å². The first-order valence-corrected chi connectivity index (χ1v) is 8.99. The molecule has 0 aliphatic carbocycles. The molecule has 7 heteroatoms. The molecule has 6 nitrogen and oxygen atoms in total. The minimum atomic E-state index is -0.712. The topological polar surface area (TPSA) is 71.5 Å². The SMILES string of the molecule is CCC1CN(c2ccc(C(=O)Nc3cnc4ccccc4c3)c(F)c2)C(=O)O1. The molecule has 2 heterocycles. The van der Waals surface area contributed by atoms with Gasteiger partial charge in [0.15, 0.2) is 0 Å². The zero-order valence-electron chi connectivity index (χ0n) is 15.2. The Hall–Kier alpha value is -3.48. The Labute approximate surface area is 160 Å². The summed E-state index contributed by atoms with van der Waals surface area (Å²) in [6, 6.07) is 13.4. The van der Waals surface area contributed by atoms with Gasteiger partial charge in [-0.3, -0.25) is 14.7 Å². The van der Waals surface area contributed by atoms with Crippen molar-refractivity contribution in [1.82, 2.24) is 4.98 Å². The third-order valence-corrected chi connectivity index (χ3v) is 4.69. The van der Waals surface area contributed by atoms with Crippen molar-refractivity contribution in [3.63, 3.8) is 0 Å². The van der Waals surface area contributed by atoms with Crippen LogP contribution >= 0.6 is 0 Å². The average molecular weight is 379 g/mol. The number of nitrogens with zero attached hydrogens (tertiary/aromatic N) is 2. The number of cyclic esters (lactones) is 1. The predicted octanol–water partition coefficient (Wildman–Crippen LogP) is 4.36. The second-order valence-corrected chi connectivity index (χ2v) is 6.56. The molecule has 3 aromatic rings. The van der Waals surface area contributed by atoms with E-state index in [0.717, 1.165) is 10.9 Å². The van der Waals surface area contributed by atoms with Crippen molar-refractivity contribution < 1.29 is 18.7 Å². The molecule has 1 aliphatic heterocycles. The van der Waals surface area contributed by atoms with E-state index in [4.69, 9.17) is 4.74 Å². The summed E-state index contributed by atoms with van der Waals surface area (Å²) in [5.74, 6) is -1.30.